The van der Waals surface area contributed by atoms with Gasteiger partial charge in [0.1, 0.15) is 17.7 Å². The fourth-order valence-electron chi connectivity index (χ4n) is 6.43. The Hall–Kier alpha value is -2.52. The molecule has 3 aliphatic heterocycles. The number of carbonyl (C=O) groups excluding carboxylic acids is 1. The summed E-state index contributed by atoms with van der Waals surface area (Å²) in [6, 6.07) is 6.26. The molecule has 0 unspecified atom stereocenters. The Kier molecular flexibility index (Phi) is 6.59. The average molecular weight is 540 g/mol. The molecule has 2 aromatic carbocycles. The molecule has 5 nitrogen and oxygen atoms in total. The Balaban J connectivity index is 1.48. The minimum Gasteiger partial charge on any atom is -0.530 e. The van der Waals surface area contributed by atoms with E-state index in [9.17, 15) is 23.1 Å². The molecule has 2 aromatic rings. The van der Waals surface area contributed by atoms with Gasteiger partial charge in [-0.25, -0.2) is 4.39 Å². The number of alkyl halides is 3. The van der Waals surface area contributed by atoms with E-state index in [-0.39, 0.29) is 28.3 Å². The number of nitrogens with zero attached hydrogens (tertiary/aromatic N) is 2. The lowest BCUT2D eigenvalue weighted by molar-refractivity contribution is -0.276. The predicted octanol–water partition coefficient (Wildman–Crippen LogP) is 5.45. The third-order valence-corrected chi connectivity index (χ3v) is 8.32. The molecule has 1 amide bonds. The molecule has 2 atom stereocenters. The van der Waals surface area contributed by atoms with Gasteiger partial charge >= 0.3 is 6.18 Å². The van der Waals surface area contributed by atoms with Crippen LogP contribution in [0.1, 0.15) is 43.9 Å². The summed E-state index contributed by atoms with van der Waals surface area (Å²) >= 11 is 6.32. The van der Waals surface area contributed by atoms with Crippen molar-refractivity contribution in [1.29, 1.82) is 0 Å². The van der Waals surface area contributed by atoms with Crippen LogP contribution in [0.15, 0.2) is 30.3 Å². The summed E-state index contributed by atoms with van der Waals surface area (Å²) in [6.45, 7) is 5.08. The van der Waals surface area contributed by atoms with Crippen molar-refractivity contribution >= 4 is 17.7 Å². The lowest BCUT2D eigenvalue weighted by atomic mass is 9.79. The molecule has 6 rings (SSSR count). The maximum atomic E-state index is 15.6. The van der Waals surface area contributed by atoms with Crippen LogP contribution in [0.3, 0.4) is 0 Å². The van der Waals surface area contributed by atoms with Crippen LogP contribution in [0.2, 0.25) is 5.02 Å². The van der Waals surface area contributed by atoms with E-state index in [1.54, 1.807) is 6.07 Å². The second-order valence-corrected chi connectivity index (χ2v) is 11.4. The third kappa shape index (κ3) is 5.00. The molecule has 0 saturated carbocycles. The van der Waals surface area contributed by atoms with Gasteiger partial charge in [-0.05, 0) is 85.1 Å². The average Bonchev–Trinajstić information content (AvgIpc) is 3.07. The molecule has 0 radical (unpaired) electrons. The van der Waals surface area contributed by atoms with E-state index in [0.29, 0.717) is 24.1 Å². The predicted molar refractivity (Wildman–Crippen MR) is 129 cm³/mol. The van der Waals surface area contributed by atoms with Crippen LogP contribution >= 0.6 is 11.6 Å². The molecule has 3 fully saturated rings. The van der Waals surface area contributed by atoms with Gasteiger partial charge in [0.05, 0.1) is 11.1 Å². The summed E-state index contributed by atoms with van der Waals surface area (Å²) in [5, 5.41) is 12.6. The highest BCUT2D eigenvalue weighted by Crippen LogP contribution is 2.52. The molecule has 0 N–H and O–H groups in total. The van der Waals surface area contributed by atoms with Crippen LogP contribution < -0.4 is 9.84 Å². The van der Waals surface area contributed by atoms with E-state index in [1.807, 2.05) is 13.8 Å². The maximum absolute atomic E-state index is 15.6. The molecule has 37 heavy (non-hydrogen) atoms. The Morgan fingerprint density at radius 3 is 2.46 bits per heavy atom. The van der Waals surface area contributed by atoms with Crippen molar-refractivity contribution in [2.45, 2.75) is 51.4 Å². The number of hydrogen-bond acceptors (Lipinski definition) is 4. The smallest absolute Gasteiger partial charge is 0.422 e. The van der Waals surface area contributed by atoms with Gasteiger partial charge < -0.3 is 24.4 Å². The molecule has 3 saturated heterocycles. The molecule has 0 spiro atoms. The normalized spacial score (nSPS) is 26.1. The van der Waals surface area contributed by atoms with Gasteiger partial charge in [-0.3, -0.25) is 0 Å². The topological polar surface area (TPSA) is 55.8 Å². The first kappa shape index (κ1) is 26.1. The highest BCUT2D eigenvalue weighted by molar-refractivity contribution is 6.33. The fraction of sp³-hybridized carbons (Fsp3) is 0.519. The minimum atomic E-state index is -4.49. The zero-order valence-corrected chi connectivity index (χ0v) is 21.3. The summed E-state index contributed by atoms with van der Waals surface area (Å²) in [5.41, 5.74) is 1.45. The molecule has 0 aromatic heterocycles. The number of amides is 1. The Labute approximate surface area is 217 Å². The summed E-state index contributed by atoms with van der Waals surface area (Å²) in [6.07, 6.45) is -3.35. The number of fused-ring (bicyclic) bond motifs is 4. The molecular weight excluding hydrogens is 512 g/mol. The number of carbonyl (C=O) groups is 1. The number of piperidine rings is 3. The number of hydrogen-bond donors (Lipinski definition) is 0. The van der Waals surface area contributed by atoms with Crippen LogP contribution in [0.25, 0.3) is 11.1 Å². The van der Waals surface area contributed by atoms with Gasteiger partial charge in [-0.1, -0.05) is 25.4 Å². The van der Waals surface area contributed by atoms with Crippen molar-refractivity contribution in [3.8, 4) is 16.9 Å². The Morgan fingerprint density at radius 1 is 1.19 bits per heavy atom. The number of rotatable bonds is 5. The molecular formula is C27H28ClF4N2O3-. The monoisotopic (exact) mass is 539 g/mol. The highest BCUT2D eigenvalue weighted by atomic mass is 35.5. The molecule has 2 bridgehead atoms. The first-order valence-electron chi connectivity index (χ1n) is 12.4. The highest BCUT2D eigenvalue weighted by Gasteiger charge is 2.48. The van der Waals surface area contributed by atoms with Gasteiger partial charge in [0.25, 0.3) is 0 Å². The van der Waals surface area contributed by atoms with Crippen LogP contribution in [0.4, 0.5) is 22.4 Å². The Bertz CT molecular complexity index is 1210. The number of benzene rings is 2. The number of halogens is 5. The van der Waals surface area contributed by atoms with Gasteiger partial charge in [-0.15, -0.1) is 0 Å². The summed E-state index contributed by atoms with van der Waals surface area (Å²) < 4.78 is 57.7. The number of carboxylic acid groups (broad SMARTS) is 1. The lowest BCUT2D eigenvalue weighted by Crippen LogP contribution is -2.62. The van der Waals surface area contributed by atoms with Crippen molar-refractivity contribution in [3.63, 3.8) is 0 Å². The largest absolute Gasteiger partial charge is 0.530 e. The molecule has 1 aliphatic carbocycles. The summed E-state index contributed by atoms with van der Waals surface area (Å²) in [4.78, 5) is 16.3. The first-order chi connectivity index (χ1) is 17.3. The molecule has 4 aliphatic rings. The second kappa shape index (κ2) is 9.34. The maximum Gasteiger partial charge on any atom is 0.422 e. The van der Waals surface area contributed by atoms with Crippen molar-refractivity contribution in [2.75, 3.05) is 26.2 Å². The lowest BCUT2D eigenvalue weighted by Gasteiger charge is -2.53. The van der Waals surface area contributed by atoms with Crippen molar-refractivity contribution in [3.05, 3.63) is 52.3 Å². The van der Waals surface area contributed by atoms with Crippen molar-refractivity contribution in [2.24, 2.45) is 11.3 Å². The zero-order chi connectivity index (χ0) is 26.7. The summed E-state index contributed by atoms with van der Waals surface area (Å²) in [7, 11) is 0. The molecule has 3 heterocycles. The van der Waals surface area contributed by atoms with Gasteiger partial charge in [-0.2, -0.15) is 13.2 Å². The van der Waals surface area contributed by atoms with E-state index in [0.717, 1.165) is 31.5 Å². The van der Waals surface area contributed by atoms with Gasteiger partial charge in [0.15, 0.2) is 6.61 Å². The zero-order valence-electron chi connectivity index (χ0n) is 20.6. The quantitative estimate of drug-likeness (QED) is 0.474. The van der Waals surface area contributed by atoms with Crippen molar-refractivity contribution in [1.82, 2.24) is 9.80 Å². The van der Waals surface area contributed by atoms with Crippen LogP contribution in [0.5, 0.6) is 5.75 Å². The van der Waals surface area contributed by atoms with Crippen LogP contribution in [0, 0.1) is 17.2 Å². The van der Waals surface area contributed by atoms with E-state index in [4.69, 9.17) is 16.3 Å². The standard InChI is InChI=1S/C27H29ClF4N2O3/c1-26(2)12-16-9-20(18-4-3-17(10-21(18)28)37-14-27(30,31)32)22(29)11-19(16)24(26)34(25(35)36)23-13-33-7-5-15(23)6-8-33/h3-4,9-11,15,23-24H,5-8,12-14H2,1-2H3,(H,35,36)/p-1/t23-,24+/m1/s1. The Morgan fingerprint density at radius 2 is 1.89 bits per heavy atom. The molecule has 200 valence electrons. The SMILES string of the molecule is CC1(C)Cc2cc(-c3ccc(OCC(F)(F)F)cc3Cl)c(F)cc2[C@@H]1N(C(=O)[O-])[C@@H]1CN2CCC1CC2. The summed E-state index contributed by atoms with van der Waals surface area (Å²) in [5.74, 6) is -0.403. The molecule has 10 heteroatoms. The van der Waals surface area contributed by atoms with Crippen LogP contribution in [-0.2, 0) is 6.42 Å². The third-order valence-electron chi connectivity index (χ3n) is 8.01. The van der Waals surface area contributed by atoms with E-state index in [2.05, 4.69) is 4.90 Å². The fourth-order valence-corrected chi connectivity index (χ4v) is 6.71. The van der Waals surface area contributed by atoms with E-state index < -0.39 is 36.2 Å². The first-order valence-corrected chi connectivity index (χ1v) is 12.8. The van der Waals surface area contributed by atoms with Crippen molar-refractivity contribution < 1.29 is 32.2 Å². The second-order valence-electron chi connectivity index (χ2n) is 11.0. The van der Waals surface area contributed by atoms with E-state index >= 15 is 4.39 Å². The van der Waals surface area contributed by atoms with Crippen LogP contribution in [-0.4, -0.2) is 54.4 Å². The number of ether oxygens (including phenoxy) is 1. The van der Waals surface area contributed by atoms with Gasteiger partial charge in [0.2, 0.25) is 0 Å². The minimum absolute atomic E-state index is 0.0518. The van der Waals surface area contributed by atoms with E-state index in [1.165, 1.54) is 29.2 Å². The van der Waals surface area contributed by atoms with Gasteiger partial charge in [0, 0.05) is 23.7 Å².